The van der Waals surface area contributed by atoms with Crippen molar-refractivity contribution in [2.75, 3.05) is 13.2 Å². The highest BCUT2D eigenvalue weighted by Crippen LogP contribution is 2.27. The first-order valence-corrected chi connectivity index (χ1v) is 7.27. The zero-order valence-corrected chi connectivity index (χ0v) is 12.8. The predicted octanol–water partition coefficient (Wildman–Crippen LogP) is 2.15. The fourth-order valence-corrected chi connectivity index (χ4v) is 2.06. The van der Waals surface area contributed by atoms with E-state index in [0.29, 0.717) is 19.3 Å². The van der Waals surface area contributed by atoms with Crippen molar-refractivity contribution in [3.63, 3.8) is 0 Å². The molecule has 7 nitrogen and oxygen atoms in total. The summed E-state index contributed by atoms with van der Waals surface area (Å²) in [5.74, 6) is -0.427. The second kappa shape index (κ2) is 8.42. The molecule has 0 unspecified atom stereocenters. The van der Waals surface area contributed by atoms with Crippen LogP contribution in [0.5, 0.6) is 5.75 Å². The van der Waals surface area contributed by atoms with Crippen LogP contribution in [0.25, 0.3) is 0 Å². The lowest BCUT2D eigenvalue weighted by Crippen LogP contribution is -2.30. The Labute approximate surface area is 138 Å². The van der Waals surface area contributed by atoms with Crippen molar-refractivity contribution in [2.45, 2.75) is 6.42 Å². The van der Waals surface area contributed by atoms with Crippen molar-refractivity contribution < 1.29 is 19.2 Å². The average Bonchev–Trinajstić information content (AvgIpc) is 2.60. The number of nitro groups is 1. The van der Waals surface area contributed by atoms with Gasteiger partial charge in [-0.15, -0.1) is 0 Å². The number of carbonyl (C=O) groups is 2. The third kappa shape index (κ3) is 4.91. The van der Waals surface area contributed by atoms with E-state index in [0.717, 1.165) is 11.6 Å². The lowest BCUT2D eigenvalue weighted by molar-refractivity contribution is -0.385. The Hall–Kier alpha value is -3.22. The first kappa shape index (κ1) is 17.1. The molecule has 1 amide bonds. The van der Waals surface area contributed by atoms with Gasteiger partial charge in [0.1, 0.15) is 6.29 Å². The van der Waals surface area contributed by atoms with Gasteiger partial charge in [-0.1, -0.05) is 30.3 Å². The van der Waals surface area contributed by atoms with Crippen LogP contribution < -0.4 is 10.1 Å². The summed E-state index contributed by atoms with van der Waals surface area (Å²) in [5, 5.41) is 13.7. The molecule has 0 aliphatic rings. The molecule has 0 heterocycles. The Balaban J connectivity index is 1.85. The topological polar surface area (TPSA) is 98.5 Å². The van der Waals surface area contributed by atoms with E-state index in [2.05, 4.69) is 5.32 Å². The van der Waals surface area contributed by atoms with E-state index in [9.17, 15) is 19.7 Å². The molecule has 0 fully saturated rings. The number of benzene rings is 2. The van der Waals surface area contributed by atoms with Gasteiger partial charge in [0.15, 0.2) is 12.4 Å². The van der Waals surface area contributed by atoms with Crippen molar-refractivity contribution in [2.24, 2.45) is 0 Å². The number of nitro benzene ring substituents is 1. The number of nitrogens with one attached hydrogen (secondary N) is 1. The number of rotatable bonds is 8. The molecule has 0 atom stereocenters. The summed E-state index contributed by atoms with van der Waals surface area (Å²) in [4.78, 5) is 32.7. The second-order valence-electron chi connectivity index (χ2n) is 4.98. The van der Waals surface area contributed by atoms with Crippen LogP contribution in [-0.4, -0.2) is 30.3 Å². The molecule has 124 valence electrons. The lowest BCUT2D eigenvalue weighted by atomic mass is 10.1. The van der Waals surface area contributed by atoms with Crippen molar-refractivity contribution >= 4 is 17.9 Å². The maximum atomic E-state index is 11.7. The molecule has 0 radical (unpaired) electrons. The molecule has 2 aromatic rings. The Morgan fingerprint density at radius 3 is 2.62 bits per heavy atom. The molecule has 2 aromatic carbocycles. The van der Waals surface area contributed by atoms with Crippen LogP contribution in [-0.2, 0) is 11.2 Å². The van der Waals surface area contributed by atoms with Crippen LogP contribution >= 0.6 is 0 Å². The number of carbonyl (C=O) groups excluding carboxylic acids is 2. The van der Waals surface area contributed by atoms with Crippen LogP contribution in [0.15, 0.2) is 48.5 Å². The van der Waals surface area contributed by atoms with E-state index in [1.807, 2.05) is 30.3 Å². The molecule has 0 aliphatic heterocycles. The molecule has 1 N–H and O–H groups in total. The summed E-state index contributed by atoms with van der Waals surface area (Å²) in [5.41, 5.74) is 0.914. The van der Waals surface area contributed by atoms with Crippen molar-refractivity contribution in [1.29, 1.82) is 0 Å². The van der Waals surface area contributed by atoms with E-state index in [1.165, 1.54) is 12.1 Å². The summed E-state index contributed by atoms with van der Waals surface area (Å²) in [6.45, 7) is 0.106. The minimum atomic E-state index is -0.657. The van der Waals surface area contributed by atoms with E-state index >= 15 is 0 Å². The molecule has 0 aliphatic carbocycles. The van der Waals surface area contributed by atoms with Crippen molar-refractivity contribution in [3.05, 3.63) is 69.8 Å². The maximum Gasteiger partial charge on any atom is 0.311 e. The Kier molecular flexibility index (Phi) is 6.01. The van der Waals surface area contributed by atoms with Crippen LogP contribution in [0, 0.1) is 10.1 Å². The monoisotopic (exact) mass is 328 g/mol. The van der Waals surface area contributed by atoms with E-state index < -0.39 is 4.92 Å². The molecule has 7 heteroatoms. The maximum absolute atomic E-state index is 11.7. The van der Waals surface area contributed by atoms with E-state index in [1.54, 1.807) is 0 Å². The van der Waals surface area contributed by atoms with Gasteiger partial charge in [0.05, 0.1) is 4.92 Å². The van der Waals surface area contributed by atoms with Gasteiger partial charge in [-0.3, -0.25) is 19.7 Å². The average molecular weight is 328 g/mol. The predicted molar refractivity (Wildman–Crippen MR) is 87.1 cm³/mol. The lowest BCUT2D eigenvalue weighted by Gasteiger charge is -2.08. The molecule has 0 aromatic heterocycles. The Morgan fingerprint density at radius 2 is 1.96 bits per heavy atom. The van der Waals surface area contributed by atoms with Gasteiger partial charge in [-0.25, -0.2) is 0 Å². The number of hydrogen-bond acceptors (Lipinski definition) is 5. The third-order valence-corrected chi connectivity index (χ3v) is 3.25. The normalized spacial score (nSPS) is 10.0. The zero-order chi connectivity index (χ0) is 17.4. The highest BCUT2D eigenvalue weighted by molar-refractivity contribution is 5.79. The molecule has 2 rings (SSSR count). The van der Waals surface area contributed by atoms with Gasteiger partial charge in [0.25, 0.3) is 5.91 Å². The van der Waals surface area contributed by atoms with Gasteiger partial charge >= 0.3 is 5.69 Å². The Morgan fingerprint density at radius 1 is 1.21 bits per heavy atom. The highest BCUT2D eigenvalue weighted by Gasteiger charge is 2.17. The summed E-state index contributed by atoms with van der Waals surface area (Å²) in [6.07, 6.45) is 1.19. The second-order valence-corrected chi connectivity index (χ2v) is 4.98. The van der Waals surface area contributed by atoms with Gasteiger partial charge in [0, 0.05) is 18.2 Å². The van der Waals surface area contributed by atoms with E-state index in [-0.39, 0.29) is 29.5 Å². The first-order chi connectivity index (χ1) is 11.6. The molecule has 0 saturated carbocycles. The summed E-state index contributed by atoms with van der Waals surface area (Å²) in [6, 6.07) is 13.5. The fraction of sp³-hybridized carbons (Fsp3) is 0.176. The highest BCUT2D eigenvalue weighted by atomic mass is 16.6. The molecule has 24 heavy (non-hydrogen) atoms. The summed E-state index contributed by atoms with van der Waals surface area (Å²) >= 11 is 0. The minimum Gasteiger partial charge on any atom is -0.477 e. The van der Waals surface area contributed by atoms with E-state index in [4.69, 9.17) is 4.74 Å². The minimum absolute atomic E-state index is 0.0520. The molecule has 0 bridgehead atoms. The van der Waals surface area contributed by atoms with Crippen LogP contribution in [0.4, 0.5) is 5.69 Å². The SMILES string of the molecule is O=Cc1ccc(OCC(=O)NCCc2ccccc2)c([N+](=O)[O-])c1. The van der Waals surface area contributed by atoms with Crippen LogP contribution in [0.1, 0.15) is 15.9 Å². The van der Waals surface area contributed by atoms with Crippen molar-refractivity contribution in [1.82, 2.24) is 5.32 Å². The Bertz CT molecular complexity index is 731. The quantitative estimate of drug-likeness (QED) is 0.455. The number of nitrogens with zero attached hydrogens (tertiary/aromatic N) is 1. The standard InChI is InChI=1S/C17H16N2O5/c20-11-14-6-7-16(15(10-14)19(22)23)24-12-17(21)18-9-8-13-4-2-1-3-5-13/h1-7,10-11H,8-9,12H2,(H,18,21). The van der Waals surface area contributed by atoms with Crippen LogP contribution in [0.2, 0.25) is 0 Å². The largest absolute Gasteiger partial charge is 0.477 e. The summed E-state index contributed by atoms with van der Waals surface area (Å²) in [7, 11) is 0. The third-order valence-electron chi connectivity index (χ3n) is 3.25. The number of aldehydes is 1. The van der Waals surface area contributed by atoms with Gasteiger partial charge in [0.2, 0.25) is 0 Å². The molecule has 0 spiro atoms. The van der Waals surface area contributed by atoms with Gasteiger partial charge in [-0.05, 0) is 24.1 Å². The smallest absolute Gasteiger partial charge is 0.311 e. The first-order valence-electron chi connectivity index (χ1n) is 7.27. The fourth-order valence-electron chi connectivity index (χ4n) is 2.06. The molecular weight excluding hydrogens is 312 g/mol. The summed E-state index contributed by atoms with van der Waals surface area (Å²) < 4.78 is 5.19. The number of amides is 1. The van der Waals surface area contributed by atoms with Gasteiger partial charge in [-0.2, -0.15) is 0 Å². The molecular formula is C17H16N2O5. The molecule has 0 saturated heterocycles. The van der Waals surface area contributed by atoms with Crippen LogP contribution in [0.3, 0.4) is 0 Å². The zero-order valence-electron chi connectivity index (χ0n) is 12.8. The number of hydrogen-bond donors (Lipinski definition) is 1. The number of ether oxygens (including phenoxy) is 1. The van der Waals surface area contributed by atoms with Crippen molar-refractivity contribution in [3.8, 4) is 5.75 Å². The van der Waals surface area contributed by atoms with Gasteiger partial charge < -0.3 is 10.1 Å².